The Morgan fingerprint density at radius 1 is 1.13 bits per heavy atom. The molecular weight excluding hydrogens is 233 g/mol. The van der Waals surface area contributed by atoms with Crippen molar-refractivity contribution in [2.75, 3.05) is 18.1 Å². The van der Waals surface area contributed by atoms with Crippen LogP contribution in [0.15, 0.2) is 30.3 Å². The van der Waals surface area contributed by atoms with Crippen molar-refractivity contribution < 1.29 is 0 Å². The third kappa shape index (κ3) is 2.64. The number of nitrogens with zero attached hydrogens (tertiary/aromatic N) is 1. The third-order valence-electron chi connectivity index (χ3n) is 2.01. The van der Waals surface area contributed by atoms with Gasteiger partial charge in [-0.05, 0) is 18.2 Å². The molecule has 0 radical (unpaired) electrons. The lowest BCUT2D eigenvalue weighted by Crippen LogP contribution is -1.94. The van der Waals surface area contributed by atoms with Gasteiger partial charge in [0.15, 0.2) is 0 Å². The van der Waals surface area contributed by atoms with E-state index in [2.05, 4.69) is 10.3 Å². The molecule has 82 valence electrons. The predicted octanol–water partition coefficient (Wildman–Crippen LogP) is 2.70. The van der Waals surface area contributed by atoms with Crippen LogP contribution in [0.2, 0.25) is 0 Å². The van der Waals surface area contributed by atoms with E-state index in [4.69, 9.17) is 5.73 Å². The molecule has 3 nitrogen and oxygen atoms in total. The molecule has 0 aliphatic heterocycles. The van der Waals surface area contributed by atoms with Gasteiger partial charge in [0.1, 0.15) is 5.82 Å². The largest absolute Gasteiger partial charge is 0.397 e. The minimum Gasteiger partial charge on any atom is -0.397 e. The Morgan fingerprint density at radius 3 is 2.53 bits per heavy atom. The lowest BCUT2D eigenvalue weighted by Gasteiger charge is -2.03. The van der Waals surface area contributed by atoms with E-state index in [0.29, 0.717) is 0 Å². The average molecular weight is 246 g/mol. The number of aromatic nitrogens is 1. The third-order valence-corrected chi connectivity index (χ3v) is 2.01. The Labute approximate surface area is 101 Å². The highest BCUT2D eigenvalue weighted by Gasteiger charge is 1.98. The first kappa shape index (κ1) is 13.8. The van der Waals surface area contributed by atoms with E-state index in [0.717, 1.165) is 22.4 Å². The van der Waals surface area contributed by atoms with E-state index < -0.39 is 0 Å². The fourth-order valence-electron chi connectivity index (χ4n) is 1.31. The first-order chi connectivity index (χ1) is 6.31. The first-order valence-electron chi connectivity index (χ1n) is 4.14. The summed E-state index contributed by atoms with van der Waals surface area (Å²) in [4.78, 5) is 4.36. The molecule has 0 fully saturated rings. The summed E-state index contributed by atoms with van der Waals surface area (Å²) in [6.07, 6.45) is 0. The summed E-state index contributed by atoms with van der Waals surface area (Å²) in [7, 11) is 1.84. The molecule has 15 heavy (non-hydrogen) atoms. The molecule has 0 saturated heterocycles. The van der Waals surface area contributed by atoms with Gasteiger partial charge in [-0.3, -0.25) is 0 Å². The number of rotatable bonds is 1. The fourth-order valence-corrected chi connectivity index (χ4v) is 1.31. The minimum absolute atomic E-state index is 0. The van der Waals surface area contributed by atoms with Crippen molar-refractivity contribution in [2.45, 2.75) is 0 Å². The molecule has 0 spiro atoms. The van der Waals surface area contributed by atoms with Crippen LogP contribution in [0, 0.1) is 0 Å². The molecule has 0 saturated carbocycles. The lowest BCUT2D eigenvalue weighted by molar-refractivity contribution is 1.35. The van der Waals surface area contributed by atoms with Gasteiger partial charge in [-0.2, -0.15) is 0 Å². The van der Waals surface area contributed by atoms with Crippen LogP contribution in [0.4, 0.5) is 11.5 Å². The molecule has 0 unspecified atom stereocenters. The molecule has 0 aliphatic carbocycles. The molecular formula is C10H13Cl2N3. The molecule has 2 aromatic rings. The SMILES string of the molecule is CNc1ccc2cccc(N)c2n1.Cl.Cl. The maximum Gasteiger partial charge on any atom is 0.126 e. The Balaban J connectivity index is 0.000000980. The molecule has 1 aromatic heterocycles. The molecule has 0 amide bonds. The van der Waals surface area contributed by atoms with Crippen LogP contribution in [0.5, 0.6) is 0 Å². The number of pyridine rings is 1. The number of hydrogen-bond acceptors (Lipinski definition) is 3. The number of fused-ring (bicyclic) bond motifs is 1. The number of nitrogens with two attached hydrogens (primary N) is 1. The topological polar surface area (TPSA) is 50.9 Å². The molecule has 1 heterocycles. The summed E-state index contributed by atoms with van der Waals surface area (Å²) < 4.78 is 0. The Morgan fingerprint density at radius 2 is 1.87 bits per heavy atom. The Hall–Kier alpha value is -1.19. The first-order valence-corrected chi connectivity index (χ1v) is 4.14. The second kappa shape index (κ2) is 5.63. The minimum atomic E-state index is 0. The van der Waals surface area contributed by atoms with E-state index in [1.165, 1.54) is 0 Å². The van der Waals surface area contributed by atoms with Crippen molar-refractivity contribution in [3.63, 3.8) is 0 Å². The van der Waals surface area contributed by atoms with Crippen molar-refractivity contribution >= 4 is 47.2 Å². The van der Waals surface area contributed by atoms with Gasteiger partial charge in [-0.25, -0.2) is 4.98 Å². The summed E-state index contributed by atoms with van der Waals surface area (Å²) in [5.41, 5.74) is 7.36. The van der Waals surface area contributed by atoms with Crippen LogP contribution in [-0.4, -0.2) is 12.0 Å². The van der Waals surface area contributed by atoms with Crippen molar-refractivity contribution in [1.29, 1.82) is 0 Å². The highest BCUT2D eigenvalue weighted by Crippen LogP contribution is 2.20. The van der Waals surface area contributed by atoms with Gasteiger partial charge < -0.3 is 11.1 Å². The summed E-state index contributed by atoms with van der Waals surface area (Å²) in [5, 5.41) is 4.05. The highest BCUT2D eigenvalue weighted by molar-refractivity contribution is 5.90. The molecule has 3 N–H and O–H groups in total. The molecule has 0 aliphatic rings. The number of para-hydroxylation sites is 1. The normalized spacial score (nSPS) is 8.87. The lowest BCUT2D eigenvalue weighted by atomic mass is 10.2. The number of anilines is 2. The van der Waals surface area contributed by atoms with Crippen molar-refractivity contribution in [3.05, 3.63) is 30.3 Å². The van der Waals surface area contributed by atoms with E-state index in [9.17, 15) is 0 Å². The van der Waals surface area contributed by atoms with Crippen molar-refractivity contribution in [2.24, 2.45) is 0 Å². The molecule has 0 atom stereocenters. The maximum atomic E-state index is 5.79. The second-order valence-corrected chi connectivity index (χ2v) is 2.87. The van der Waals surface area contributed by atoms with Crippen LogP contribution >= 0.6 is 24.8 Å². The molecule has 1 aromatic carbocycles. The smallest absolute Gasteiger partial charge is 0.126 e. The van der Waals surface area contributed by atoms with Crippen LogP contribution in [0.25, 0.3) is 10.9 Å². The number of nitrogen functional groups attached to an aromatic ring is 1. The quantitative estimate of drug-likeness (QED) is 0.760. The Bertz CT molecular complexity index is 446. The van der Waals surface area contributed by atoms with Crippen LogP contribution in [0.3, 0.4) is 0 Å². The number of hydrogen-bond donors (Lipinski definition) is 2. The van der Waals surface area contributed by atoms with Crippen LogP contribution in [-0.2, 0) is 0 Å². The summed E-state index contributed by atoms with van der Waals surface area (Å²) in [6, 6.07) is 9.72. The summed E-state index contributed by atoms with van der Waals surface area (Å²) in [5.74, 6) is 0.838. The van der Waals surface area contributed by atoms with Gasteiger partial charge in [0.05, 0.1) is 11.2 Å². The van der Waals surface area contributed by atoms with Crippen LogP contribution < -0.4 is 11.1 Å². The summed E-state index contributed by atoms with van der Waals surface area (Å²) >= 11 is 0. The maximum absolute atomic E-state index is 5.79. The number of nitrogens with one attached hydrogen (secondary N) is 1. The van der Waals surface area contributed by atoms with Crippen molar-refractivity contribution in [1.82, 2.24) is 4.98 Å². The van der Waals surface area contributed by atoms with Gasteiger partial charge in [0.2, 0.25) is 0 Å². The van der Waals surface area contributed by atoms with Gasteiger partial charge in [0, 0.05) is 12.4 Å². The zero-order chi connectivity index (χ0) is 9.26. The standard InChI is InChI=1S/C10H11N3.2ClH/c1-12-9-6-5-7-3-2-4-8(11)10(7)13-9;;/h2-6H,11H2,1H3,(H,12,13);2*1H. The Kier molecular flexibility index (Phi) is 5.19. The number of benzene rings is 1. The fraction of sp³-hybridized carbons (Fsp3) is 0.100. The zero-order valence-electron chi connectivity index (χ0n) is 8.23. The molecule has 2 rings (SSSR count). The van der Waals surface area contributed by atoms with Gasteiger partial charge in [0.25, 0.3) is 0 Å². The van der Waals surface area contributed by atoms with E-state index in [1.807, 2.05) is 37.4 Å². The second-order valence-electron chi connectivity index (χ2n) is 2.87. The monoisotopic (exact) mass is 245 g/mol. The zero-order valence-corrected chi connectivity index (χ0v) is 9.86. The van der Waals surface area contributed by atoms with E-state index in [1.54, 1.807) is 0 Å². The average Bonchev–Trinajstić information content (AvgIpc) is 2.18. The number of halogens is 2. The molecule has 0 bridgehead atoms. The predicted molar refractivity (Wildman–Crippen MR) is 70.2 cm³/mol. The van der Waals surface area contributed by atoms with Gasteiger partial charge in [-0.15, -0.1) is 24.8 Å². The van der Waals surface area contributed by atoms with E-state index in [-0.39, 0.29) is 24.8 Å². The van der Waals surface area contributed by atoms with E-state index >= 15 is 0 Å². The van der Waals surface area contributed by atoms with Crippen molar-refractivity contribution in [3.8, 4) is 0 Å². The summed E-state index contributed by atoms with van der Waals surface area (Å²) in [6.45, 7) is 0. The molecule has 5 heteroatoms. The highest BCUT2D eigenvalue weighted by atomic mass is 35.5. The van der Waals surface area contributed by atoms with Gasteiger partial charge >= 0.3 is 0 Å². The van der Waals surface area contributed by atoms with Crippen LogP contribution in [0.1, 0.15) is 0 Å². The van der Waals surface area contributed by atoms with Gasteiger partial charge in [-0.1, -0.05) is 12.1 Å².